The Kier molecular flexibility index (Phi) is 4.87. The second-order valence-electron chi connectivity index (χ2n) is 8.17. The summed E-state index contributed by atoms with van der Waals surface area (Å²) in [4.78, 5) is 21.7. The molecule has 3 atom stereocenters. The average Bonchev–Trinajstić information content (AvgIpc) is 3.31. The van der Waals surface area contributed by atoms with Crippen LogP contribution in [0.25, 0.3) is 10.9 Å². The van der Waals surface area contributed by atoms with Crippen molar-refractivity contribution in [2.24, 2.45) is 11.8 Å². The smallest absolute Gasteiger partial charge is 0.249 e. The number of fused-ring (bicyclic) bond motifs is 2. The molecule has 154 valence electrons. The molecule has 2 fully saturated rings. The molecule has 1 aromatic heterocycles. The summed E-state index contributed by atoms with van der Waals surface area (Å²) in [7, 11) is 1.53. The lowest BCUT2D eigenvalue weighted by Gasteiger charge is -2.30. The minimum absolute atomic E-state index is 0.0429. The summed E-state index contributed by atoms with van der Waals surface area (Å²) in [5.74, 6) is 1.17. The molecule has 30 heavy (non-hydrogen) atoms. The molecule has 0 unspecified atom stereocenters. The zero-order valence-corrected chi connectivity index (χ0v) is 16.9. The van der Waals surface area contributed by atoms with Crippen molar-refractivity contribution in [2.45, 2.75) is 6.04 Å². The Bertz CT molecular complexity index is 1090. The first-order valence-corrected chi connectivity index (χ1v) is 10.3. The van der Waals surface area contributed by atoms with Crippen LogP contribution in [0.5, 0.6) is 0 Å². The number of benzene rings is 2. The topological polar surface area (TPSA) is 45.7 Å². The second kappa shape index (κ2) is 7.69. The normalized spacial score (nSPS) is 23.2. The van der Waals surface area contributed by atoms with E-state index in [-0.39, 0.29) is 30.3 Å². The number of carbonyl (C=O) groups is 1. The molecule has 0 bridgehead atoms. The molecule has 2 saturated heterocycles. The van der Waals surface area contributed by atoms with Crippen molar-refractivity contribution in [2.75, 3.05) is 38.3 Å². The predicted molar refractivity (Wildman–Crippen MR) is 114 cm³/mol. The van der Waals surface area contributed by atoms with E-state index in [4.69, 9.17) is 9.72 Å². The van der Waals surface area contributed by atoms with Crippen molar-refractivity contribution in [3.8, 4) is 0 Å². The number of hydrogen-bond donors (Lipinski definition) is 0. The lowest BCUT2D eigenvalue weighted by atomic mass is 9.89. The summed E-state index contributed by atoms with van der Waals surface area (Å²) >= 11 is 0. The fourth-order valence-corrected chi connectivity index (χ4v) is 5.04. The third-order valence-electron chi connectivity index (χ3n) is 6.35. The van der Waals surface area contributed by atoms with Crippen LogP contribution in [0.4, 0.5) is 10.2 Å². The van der Waals surface area contributed by atoms with Gasteiger partial charge in [-0.05, 0) is 35.9 Å². The zero-order valence-electron chi connectivity index (χ0n) is 16.9. The molecule has 5 nitrogen and oxygen atoms in total. The van der Waals surface area contributed by atoms with Crippen LogP contribution in [0.3, 0.4) is 0 Å². The highest BCUT2D eigenvalue weighted by Crippen LogP contribution is 2.46. The van der Waals surface area contributed by atoms with Crippen LogP contribution in [-0.2, 0) is 9.53 Å². The molecule has 1 amide bonds. The number of aromatic nitrogens is 1. The Hall–Kier alpha value is -2.99. The average molecular weight is 405 g/mol. The fourth-order valence-electron chi connectivity index (χ4n) is 5.04. The SMILES string of the molecule is COCC(=O)N1C[C@H]2CN(c3ccc4ccccc4n3)C[C@H]2[C@@H]1c1cccc(F)c1. The maximum Gasteiger partial charge on any atom is 0.249 e. The predicted octanol–water partition coefficient (Wildman–Crippen LogP) is 3.66. The Morgan fingerprint density at radius 1 is 1.10 bits per heavy atom. The summed E-state index contributed by atoms with van der Waals surface area (Å²) in [6.07, 6.45) is 0. The van der Waals surface area contributed by atoms with E-state index in [9.17, 15) is 9.18 Å². The Morgan fingerprint density at radius 3 is 2.80 bits per heavy atom. The molecule has 6 heteroatoms. The van der Waals surface area contributed by atoms with Crippen LogP contribution in [0.15, 0.2) is 60.7 Å². The standard InChI is InChI=1S/C24H24FN3O2/c1-30-15-23(29)28-13-18-12-27(22-10-9-16-5-2-3-8-21(16)26-22)14-20(18)24(28)17-6-4-7-19(25)11-17/h2-11,18,20,24H,12-15H2,1H3/t18-,20-,24+/m1/s1. The molecule has 2 aliphatic rings. The molecule has 0 aliphatic carbocycles. The molecule has 5 rings (SSSR count). The van der Waals surface area contributed by atoms with Gasteiger partial charge in [-0.3, -0.25) is 4.79 Å². The van der Waals surface area contributed by atoms with Crippen LogP contribution in [0, 0.1) is 17.7 Å². The third kappa shape index (κ3) is 3.31. The summed E-state index contributed by atoms with van der Waals surface area (Å²) in [6.45, 7) is 2.31. The van der Waals surface area contributed by atoms with E-state index in [1.807, 2.05) is 29.2 Å². The number of para-hydroxylation sites is 1. The monoisotopic (exact) mass is 405 g/mol. The van der Waals surface area contributed by atoms with Gasteiger partial charge in [-0.25, -0.2) is 9.37 Å². The van der Waals surface area contributed by atoms with Gasteiger partial charge in [0, 0.05) is 44.0 Å². The van der Waals surface area contributed by atoms with Gasteiger partial charge in [-0.1, -0.05) is 30.3 Å². The summed E-state index contributed by atoms with van der Waals surface area (Å²) in [5.41, 5.74) is 1.82. The molecule has 0 spiro atoms. The molecule has 2 aliphatic heterocycles. The molecule has 2 aromatic carbocycles. The highest BCUT2D eigenvalue weighted by molar-refractivity contribution is 5.80. The number of halogens is 1. The van der Waals surface area contributed by atoms with E-state index in [1.165, 1.54) is 13.2 Å². The molecule has 0 radical (unpaired) electrons. The van der Waals surface area contributed by atoms with Crippen molar-refractivity contribution in [1.82, 2.24) is 9.88 Å². The van der Waals surface area contributed by atoms with Gasteiger partial charge in [0.25, 0.3) is 0 Å². The van der Waals surface area contributed by atoms with Gasteiger partial charge in [-0.15, -0.1) is 0 Å². The van der Waals surface area contributed by atoms with Crippen molar-refractivity contribution in [1.29, 1.82) is 0 Å². The number of amides is 1. The number of anilines is 1. The van der Waals surface area contributed by atoms with E-state index >= 15 is 0 Å². The number of likely N-dealkylation sites (tertiary alicyclic amines) is 1. The minimum Gasteiger partial charge on any atom is -0.375 e. The second-order valence-corrected chi connectivity index (χ2v) is 8.17. The van der Waals surface area contributed by atoms with E-state index < -0.39 is 0 Å². The van der Waals surface area contributed by atoms with Crippen LogP contribution in [0.1, 0.15) is 11.6 Å². The summed E-state index contributed by atoms with van der Waals surface area (Å²) < 4.78 is 19.1. The first-order chi connectivity index (χ1) is 14.6. The molecule has 3 aromatic rings. The number of ether oxygens (including phenoxy) is 1. The Labute approximate surface area is 175 Å². The van der Waals surface area contributed by atoms with Gasteiger partial charge in [0.05, 0.1) is 11.6 Å². The molecular weight excluding hydrogens is 381 g/mol. The van der Waals surface area contributed by atoms with Gasteiger partial charge >= 0.3 is 0 Å². The van der Waals surface area contributed by atoms with E-state index in [0.717, 1.165) is 35.4 Å². The molecule has 3 heterocycles. The van der Waals surface area contributed by atoms with Gasteiger partial charge in [0.2, 0.25) is 5.91 Å². The highest BCUT2D eigenvalue weighted by atomic mass is 19.1. The number of rotatable bonds is 4. The first kappa shape index (κ1) is 19.0. The van der Waals surface area contributed by atoms with Gasteiger partial charge in [0.1, 0.15) is 18.2 Å². The third-order valence-corrected chi connectivity index (χ3v) is 6.35. The quantitative estimate of drug-likeness (QED) is 0.665. The van der Waals surface area contributed by atoms with Gasteiger partial charge in [0.15, 0.2) is 0 Å². The largest absolute Gasteiger partial charge is 0.375 e. The van der Waals surface area contributed by atoms with Crippen LogP contribution < -0.4 is 4.90 Å². The number of nitrogens with zero attached hydrogens (tertiary/aromatic N) is 3. The van der Waals surface area contributed by atoms with Crippen LogP contribution in [-0.4, -0.2) is 49.1 Å². The lowest BCUT2D eigenvalue weighted by molar-refractivity contribution is -0.136. The zero-order chi connectivity index (χ0) is 20.7. The molecular formula is C24H24FN3O2. The first-order valence-electron chi connectivity index (χ1n) is 10.3. The van der Waals surface area contributed by atoms with Crippen molar-refractivity contribution in [3.63, 3.8) is 0 Å². The van der Waals surface area contributed by atoms with Gasteiger partial charge < -0.3 is 14.5 Å². The molecule has 0 N–H and O–H groups in total. The minimum atomic E-state index is -0.277. The fraction of sp³-hybridized carbons (Fsp3) is 0.333. The maximum absolute atomic E-state index is 14.0. The van der Waals surface area contributed by atoms with Gasteiger partial charge in [-0.2, -0.15) is 0 Å². The Balaban J connectivity index is 1.45. The highest BCUT2D eigenvalue weighted by Gasteiger charge is 2.49. The lowest BCUT2D eigenvalue weighted by Crippen LogP contribution is -2.37. The molecule has 0 saturated carbocycles. The summed E-state index contributed by atoms with van der Waals surface area (Å²) in [6, 6.07) is 18.7. The summed E-state index contributed by atoms with van der Waals surface area (Å²) in [5, 5.41) is 1.12. The van der Waals surface area contributed by atoms with Crippen molar-refractivity contribution in [3.05, 3.63) is 72.0 Å². The number of carbonyl (C=O) groups excluding carboxylic acids is 1. The maximum atomic E-state index is 14.0. The number of methoxy groups -OCH3 is 1. The number of hydrogen-bond acceptors (Lipinski definition) is 4. The van der Waals surface area contributed by atoms with Crippen molar-refractivity contribution >= 4 is 22.6 Å². The number of pyridine rings is 1. The van der Waals surface area contributed by atoms with E-state index in [0.29, 0.717) is 12.5 Å². The Morgan fingerprint density at radius 2 is 1.97 bits per heavy atom. The van der Waals surface area contributed by atoms with Crippen LogP contribution >= 0.6 is 0 Å². The van der Waals surface area contributed by atoms with Crippen molar-refractivity contribution < 1.29 is 13.9 Å². The van der Waals surface area contributed by atoms with Crippen LogP contribution in [0.2, 0.25) is 0 Å². The van der Waals surface area contributed by atoms with E-state index in [2.05, 4.69) is 23.1 Å². The van der Waals surface area contributed by atoms with E-state index in [1.54, 1.807) is 12.1 Å².